The molecule has 0 saturated carbocycles. The number of aryl methyl sites for hydroxylation is 1. The van der Waals surface area contributed by atoms with Gasteiger partial charge in [-0.3, -0.25) is 0 Å². The minimum absolute atomic E-state index is 0.0135. The third-order valence-corrected chi connectivity index (χ3v) is 9.75. The largest absolute Gasteiger partial charge is 0.0616 e. The standard InChI is InChI=1S/C39H28/c1-39(2)35-20-19-26(33-18-17-32-25-10-4-3-9-23(25)22-36(39)38(32)37(33)35)24-15-16-31-29-13-6-5-11-27(29)28-12-7-8-14-30(28)34(31)21-24/h3-16,19-22H,17-18H2,1-2H3. The van der Waals surface area contributed by atoms with E-state index < -0.39 is 0 Å². The van der Waals surface area contributed by atoms with Crippen molar-refractivity contribution in [2.45, 2.75) is 32.1 Å². The normalized spacial score (nSPS) is 14.9. The number of benzene rings is 7. The Morgan fingerprint density at radius 1 is 0.462 bits per heavy atom. The molecule has 0 heterocycles. The molecule has 0 bridgehead atoms. The highest BCUT2D eigenvalue weighted by atomic mass is 14.4. The zero-order valence-electron chi connectivity index (χ0n) is 22.3. The van der Waals surface area contributed by atoms with Crippen LogP contribution in [0.15, 0.2) is 109 Å². The smallest absolute Gasteiger partial charge is 0.0159 e. The lowest BCUT2D eigenvalue weighted by molar-refractivity contribution is 0.661. The maximum absolute atomic E-state index is 2.47. The zero-order chi connectivity index (χ0) is 25.9. The highest BCUT2D eigenvalue weighted by Gasteiger charge is 2.41. The van der Waals surface area contributed by atoms with Crippen molar-refractivity contribution in [3.05, 3.63) is 131 Å². The van der Waals surface area contributed by atoms with Gasteiger partial charge in [-0.05, 0) is 113 Å². The van der Waals surface area contributed by atoms with E-state index in [9.17, 15) is 0 Å². The summed E-state index contributed by atoms with van der Waals surface area (Å²) >= 11 is 0. The Morgan fingerprint density at radius 2 is 1.03 bits per heavy atom. The quantitative estimate of drug-likeness (QED) is 0.198. The molecular formula is C39H28. The summed E-state index contributed by atoms with van der Waals surface area (Å²) in [5.41, 5.74) is 11.9. The number of hydrogen-bond acceptors (Lipinski definition) is 0. The molecule has 2 aliphatic rings. The van der Waals surface area contributed by atoms with Gasteiger partial charge in [-0.25, -0.2) is 0 Å². The molecule has 0 N–H and O–H groups in total. The topological polar surface area (TPSA) is 0 Å². The maximum Gasteiger partial charge on any atom is 0.0159 e. The zero-order valence-corrected chi connectivity index (χ0v) is 22.3. The van der Waals surface area contributed by atoms with Gasteiger partial charge in [0.2, 0.25) is 0 Å². The summed E-state index contributed by atoms with van der Waals surface area (Å²) in [5.74, 6) is 0. The third-order valence-electron chi connectivity index (χ3n) is 9.75. The Balaban J connectivity index is 1.35. The lowest BCUT2D eigenvalue weighted by Gasteiger charge is -2.24. The maximum atomic E-state index is 2.47. The van der Waals surface area contributed by atoms with Crippen molar-refractivity contribution in [2.75, 3.05) is 0 Å². The molecule has 2 aliphatic carbocycles. The average Bonchev–Trinajstić information content (AvgIpc) is 3.22. The third kappa shape index (κ3) is 2.69. The van der Waals surface area contributed by atoms with E-state index in [0.29, 0.717) is 0 Å². The molecule has 0 aromatic heterocycles. The molecule has 0 heteroatoms. The molecule has 0 spiro atoms. The molecule has 7 aromatic carbocycles. The Kier molecular flexibility index (Phi) is 4.06. The molecular weight excluding hydrogens is 468 g/mol. The van der Waals surface area contributed by atoms with Gasteiger partial charge in [0.1, 0.15) is 0 Å². The van der Waals surface area contributed by atoms with Crippen LogP contribution in [0.25, 0.3) is 65.3 Å². The second-order valence-electron chi connectivity index (χ2n) is 12.0. The first-order valence-corrected chi connectivity index (χ1v) is 14.2. The molecule has 0 radical (unpaired) electrons. The summed E-state index contributed by atoms with van der Waals surface area (Å²) < 4.78 is 0. The fourth-order valence-corrected chi connectivity index (χ4v) is 7.92. The highest BCUT2D eigenvalue weighted by Crippen LogP contribution is 2.56. The predicted molar refractivity (Wildman–Crippen MR) is 167 cm³/mol. The minimum atomic E-state index is 0.0135. The van der Waals surface area contributed by atoms with Crippen molar-refractivity contribution in [1.29, 1.82) is 0 Å². The van der Waals surface area contributed by atoms with Crippen molar-refractivity contribution in [3.63, 3.8) is 0 Å². The van der Waals surface area contributed by atoms with Crippen molar-refractivity contribution in [2.24, 2.45) is 0 Å². The molecule has 0 unspecified atom stereocenters. The number of hydrogen-bond donors (Lipinski definition) is 0. The van der Waals surface area contributed by atoms with Gasteiger partial charge in [0.15, 0.2) is 0 Å². The second kappa shape index (κ2) is 7.36. The molecule has 0 amide bonds. The minimum Gasteiger partial charge on any atom is -0.0616 e. The van der Waals surface area contributed by atoms with Gasteiger partial charge in [-0.15, -0.1) is 0 Å². The van der Waals surface area contributed by atoms with E-state index in [2.05, 4.69) is 123 Å². The van der Waals surface area contributed by atoms with Crippen LogP contribution in [0, 0.1) is 0 Å². The van der Waals surface area contributed by atoms with E-state index in [4.69, 9.17) is 0 Å². The molecule has 9 rings (SSSR count). The van der Waals surface area contributed by atoms with Crippen LogP contribution in [-0.4, -0.2) is 0 Å². The predicted octanol–water partition coefficient (Wildman–Crippen LogP) is 10.4. The Bertz CT molecular complexity index is 2160. The summed E-state index contributed by atoms with van der Waals surface area (Å²) in [5, 5.41) is 10.8. The molecule has 7 aromatic rings. The van der Waals surface area contributed by atoms with Gasteiger partial charge in [0.05, 0.1) is 0 Å². The lowest BCUT2D eigenvalue weighted by Crippen LogP contribution is -2.15. The van der Waals surface area contributed by atoms with E-state index >= 15 is 0 Å². The molecule has 184 valence electrons. The van der Waals surface area contributed by atoms with Gasteiger partial charge < -0.3 is 0 Å². The van der Waals surface area contributed by atoms with Crippen LogP contribution in [0.5, 0.6) is 0 Å². The van der Waals surface area contributed by atoms with Crippen LogP contribution >= 0.6 is 0 Å². The first-order valence-electron chi connectivity index (χ1n) is 14.2. The van der Waals surface area contributed by atoms with E-state index in [1.54, 1.807) is 5.56 Å². The summed E-state index contributed by atoms with van der Waals surface area (Å²) in [6.45, 7) is 4.83. The number of fused-ring (bicyclic) bond motifs is 8. The molecule has 0 saturated heterocycles. The molecule has 0 fully saturated rings. The first kappa shape index (κ1) is 21.5. The van der Waals surface area contributed by atoms with Gasteiger partial charge in [-0.2, -0.15) is 0 Å². The highest BCUT2D eigenvalue weighted by molar-refractivity contribution is 6.25. The van der Waals surface area contributed by atoms with E-state index in [1.807, 2.05) is 0 Å². The summed E-state index contributed by atoms with van der Waals surface area (Å²) in [6, 6.07) is 41.2. The van der Waals surface area contributed by atoms with Crippen LogP contribution < -0.4 is 0 Å². The van der Waals surface area contributed by atoms with Crippen molar-refractivity contribution in [1.82, 2.24) is 0 Å². The van der Waals surface area contributed by atoms with Crippen LogP contribution in [0.4, 0.5) is 0 Å². The Labute approximate surface area is 228 Å². The monoisotopic (exact) mass is 496 g/mol. The number of rotatable bonds is 1. The molecule has 0 nitrogen and oxygen atoms in total. The summed E-state index contributed by atoms with van der Waals surface area (Å²) in [6.07, 6.45) is 2.19. The summed E-state index contributed by atoms with van der Waals surface area (Å²) in [4.78, 5) is 0. The van der Waals surface area contributed by atoms with Gasteiger partial charge in [0, 0.05) is 5.41 Å². The molecule has 0 aliphatic heterocycles. The summed E-state index contributed by atoms with van der Waals surface area (Å²) in [7, 11) is 0. The van der Waals surface area contributed by atoms with E-state index in [0.717, 1.165) is 12.8 Å². The van der Waals surface area contributed by atoms with E-state index in [1.165, 1.54) is 82.0 Å². The van der Waals surface area contributed by atoms with E-state index in [-0.39, 0.29) is 5.41 Å². The first-order chi connectivity index (χ1) is 19.1. The Morgan fingerprint density at radius 3 is 1.74 bits per heavy atom. The lowest BCUT2D eigenvalue weighted by atomic mass is 9.80. The molecule has 0 atom stereocenters. The van der Waals surface area contributed by atoms with Crippen LogP contribution in [0.1, 0.15) is 36.1 Å². The van der Waals surface area contributed by atoms with Gasteiger partial charge >= 0.3 is 0 Å². The van der Waals surface area contributed by atoms with Crippen LogP contribution in [0.3, 0.4) is 0 Å². The van der Waals surface area contributed by atoms with Crippen LogP contribution in [0.2, 0.25) is 0 Å². The fourth-order valence-electron chi connectivity index (χ4n) is 7.92. The van der Waals surface area contributed by atoms with Crippen molar-refractivity contribution < 1.29 is 0 Å². The van der Waals surface area contributed by atoms with Gasteiger partial charge in [-0.1, -0.05) is 111 Å². The van der Waals surface area contributed by atoms with Crippen LogP contribution in [-0.2, 0) is 18.3 Å². The van der Waals surface area contributed by atoms with Crippen molar-refractivity contribution in [3.8, 4) is 22.3 Å². The molecule has 39 heavy (non-hydrogen) atoms. The Hall–Kier alpha value is -4.42. The van der Waals surface area contributed by atoms with Crippen molar-refractivity contribution >= 4 is 43.1 Å². The fraction of sp³-hybridized carbons (Fsp3) is 0.128. The SMILES string of the molecule is CC1(C)c2ccc(-c3ccc4c5ccccc5c5ccccc5c4c3)c3c2-c2c1cc1ccccc1c2CC3. The average molecular weight is 497 g/mol. The van der Waals surface area contributed by atoms with Gasteiger partial charge in [0.25, 0.3) is 0 Å². The second-order valence-corrected chi connectivity index (χ2v) is 12.0.